The SMILES string of the molecule is CCN(CC1(CO)CCCOC1)c1ccccc1. The van der Waals surface area contributed by atoms with Gasteiger partial charge in [-0.25, -0.2) is 0 Å². The van der Waals surface area contributed by atoms with Gasteiger partial charge >= 0.3 is 0 Å². The first-order chi connectivity index (χ1) is 8.79. The van der Waals surface area contributed by atoms with E-state index in [-0.39, 0.29) is 12.0 Å². The van der Waals surface area contributed by atoms with Crippen LogP contribution in [0.15, 0.2) is 30.3 Å². The molecule has 0 saturated carbocycles. The van der Waals surface area contributed by atoms with Gasteiger partial charge in [-0.1, -0.05) is 18.2 Å². The normalized spacial score (nSPS) is 23.9. The van der Waals surface area contributed by atoms with E-state index in [1.807, 2.05) is 6.07 Å². The van der Waals surface area contributed by atoms with Gasteiger partial charge in [-0.3, -0.25) is 0 Å². The van der Waals surface area contributed by atoms with Crippen LogP contribution in [-0.4, -0.2) is 38.0 Å². The van der Waals surface area contributed by atoms with Crippen molar-refractivity contribution in [2.75, 3.05) is 37.8 Å². The second kappa shape index (κ2) is 6.21. The fourth-order valence-electron chi connectivity index (χ4n) is 2.64. The van der Waals surface area contributed by atoms with E-state index in [0.717, 1.165) is 32.5 Å². The minimum absolute atomic E-state index is 0.0932. The van der Waals surface area contributed by atoms with Crippen LogP contribution in [0.3, 0.4) is 0 Å². The number of aliphatic hydroxyl groups is 1. The smallest absolute Gasteiger partial charge is 0.0561 e. The highest BCUT2D eigenvalue weighted by atomic mass is 16.5. The van der Waals surface area contributed by atoms with Gasteiger partial charge in [-0.2, -0.15) is 0 Å². The minimum Gasteiger partial charge on any atom is -0.396 e. The lowest BCUT2D eigenvalue weighted by Crippen LogP contribution is -2.45. The number of hydrogen-bond acceptors (Lipinski definition) is 3. The van der Waals surface area contributed by atoms with E-state index in [1.165, 1.54) is 5.69 Å². The Kier molecular flexibility index (Phi) is 4.61. The molecule has 1 N–H and O–H groups in total. The number of aliphatic hydroxyl groups excluding tert-OH is 1. The summed E-state index contributed by atoms with van der Waals surface area (Å²) < 4.78 is 5.57. The van der Waals surface area contributed by atoms with Crippen molar-refractivity contribution < 1.29 is 9.84 Å². The Bertz CT molecular complexity index is 347. The molecule has 18 heavy (non-hydrogen) atoms. The van der Waals surface area contributed by atoms with Crippen molar-refractivity contribution in [2.24, 2.45) is 5.41 Å². The van der Waals surface area contributed by atoms with Crippen molar-refractivity contribution in [3.8, 4) is 0 Å². The highest BCUT2D eigenvalue weighted by molar-refractivity contribution is 5.46. The van der Waals surface area contributed by atoms with E-state index >= 15 is 0 Å². The van der Waals surface area contributed by atoms with Crippen molar-refractivity contribution in [1.82, 2.24) is 0 Å². The number of rotatable bonds is 5. The Hall–Kier alpha value is -1.06. The average Bonchev–Trinajstić information content (AvgIpc) is 2.47. The predicted molar refractivity (Wildman–Crippen MR) is 73.9 cm³/mol. The van der Waals surface area contributed by atoms with Gasteiger partial charge in [0.25, 0.3) is 0 Å². The van der Waals surface area contributed by atoms with Crippen LogP contribution in [-0.2, 0) is 4.74 Å². The van der Waals surface area contributed by atoms with E-state index in [1.54, 1.807) is 0 Å². The second-order valence-electron chi connectivity index (χ2n) is 5.16. The highest BCUT2D eigenvalue weighted by Crippen LogP contribution is 2.30. The molecule has 1 atom stereocenters. The molecule has 0 amide bonds. The van der Waals surface area contributed by atoms with Crippen molar-refractivity contribution in [2.45, 2.75) is 19.8 Å². The molecule has 0 aromatic heterocycles. The van der Waals surface area contributed by atoms with Gasteiger partial charge in [0.05, 0.1) is 13.2 Å². The van der Waals surface area contributed by atoms with E-state index in [9.17, 15) is 5.11 Å². The standard InChI is InChI=1S/C15H23NO2/c1-2-16(14-7-4-3-5-8-14)11-15(12-17)9-6-10-18-13-15/h3-5,7-8,17H,2,6,9-13H2,1H3. The zero-order chi connectivity index (χ0) is 12.8. The summed E-state index contributed by atoms with van der Waals surface area (Å²) in [7, 11) is 0. The van der Waals surface area contributed by atoms with Gasteiger partial charge in [-0.15, -0.1) is 0 Å². The maximum atomic E-state index is 9.73. The van der Waals surface area contributed by atoms with E-state index in [0.29, 0.717) is 6.61 Å². The summed E-state index contributed by atoms with van der Waals surface area (Å²) in [5.74, 6) is 0. The van der Waals surface area contributed by atoms with Crippen molar-refractivity contribution in [3.63, 3.8) is 0 Å². The number of benzene rings is 1. The molecule has 1 fully saturated rings. The Morgan fingerprint density at radius 1 is 1.33 bits per heavy atom. The van der Waals surface area contributed by atoms with Crippen LogP contribution in [0, 0.1) is 5.41 Å². The molecule has 3 heteroatoms. The molecule has 3 nitrogen and oxygen atoms in total. The van der Waals surface area contributed by atoms with Gasteiger partial charge in [0.2, 0.25) is 0 Å². The molecule has 0 aliphatic carbocycles. The third-order valence-electron chi connectivity index (χ3n) is 3.77. The molecule has 1 saturated heterocycles. The average molecular weight is 249 g/mol. The number of hydrogen-bond donors (Lipinski definition) is 1. The topological polar surface area (TPSA) is 32.7 Å². The van der Waals surface area contributed by atoms with E-state index in [4.69, 9.17) is 4.74 Å². The third-order valence-corrected chi connectivity index (χ3v) is 3.77. The van der Waals surface area contributed by atoms with Gasteiger partial charge < -0.3 is 14.7 Å². The molecule has 0 radical (unpaired) electrons. The molecule has 1 aromatic carbocycles. The second-order valence-corrected chi connectivity index (χ2v) is 5.16. The molecular weight excluding hydrogens is 226 g/mol. The Balaban J connectivity index is 2.09. The lowest BCUT2D eigenvalue weighted by atomic mass is 9.82. The Labute approximate surface area is 109 Å². The number of para-hydroxylation sites is 1. The molecule has 1 aromatic rings. The van der Waals surface area contributed by atoms with Crippen molar-refractivity contribution in [1.29, 1.82) is 0 Å². The third kappa shape index (κ3) is 3.03. The van der Waals surface area contributed by atoms with Gasteiger partial charge in [0.15, 0.2) is 0 Å². The summed E-state index contributed by atoms with van der Waals surface area (Å²) in [5.41, 5.74) is 1.13. The van der Waals surface area contributed by atoms with Crippen LogP contribution < -0.4 is 4.90 Å². The molecule has 100 valence electrons. The lowest BCUT2D eigenvalue weighted by Gasteiger charge is -2.40. The first kappa shape index (κ1) is 13.4. The molecule has 1 unspecified atom stereocenters. The van der Waals surface area contributed by atoms with Gasteiger partial charge in [0, 0.05) is 30.8 Å². The van der Waals surface area contributed by atoms with E-state index in [2.05, 4.69) is 36.1 Å². The number of anilines is 1. The molecule has 2 rings (SSSR count). The summed E-state index contributed by atoms with van der Waals surface area (Å²) in [5, 5.41) is 9.73. The maximum Gasteiger partial charge on any atom is 0.0561 e. The van der Waals surface area contributed by atoms with Crippen LogP contribution in [0.1, 0.15) is 19.8 Å². The van der Waals surface area contributed by atoms with Gasteiger partial charge in [0.1, 0.15) is 0 Å². The fraction of sp³-hybridized carbons (Fsp3) is 0.600. The van der Waals surface area contributed by atoms with Crippen LogP contribution in [0.25, 0.3) is 0 Å². The predicted octanol–water partition coefficient (Wildman–Crippen LogP) is 2.30. The summed E-state index contributed by atoms with van der Waals surface area (Å²) >= 11 is 0. The summed E-state index contributed by atoms with van der Waals surface area (Å²) in [6.07, 6.45) is 2.10. The van der Waals surface area contributed by atoms with Crippen molar-refractivity contribution >= 4 is 5.69 Å². The first-order valence-electron chi connectivity index (χ1n) is 6.78. The molecule has 1 heterocycles. The molecule has 0 spiro atoms. The highest BCUT2D eigenvalue weighted by Gasteiger charge is 2.34. The summed E-state index contributed by atoms with van der Waals surface area (Å²) in [4.78, 5) is 2.32. The minimum atomic E-state index is -0.0932. The molecule has 1 aliphatic rings. The zero-order valence-electron chi connectivity index (χ0n) is 11.1. The van der Waals surface area contributed by atoms with Gasteiger partial charge in [-0.05, 0) is 31.9 Å². The quantitative estimate of drug-likeness (QED) is 0.869. The Morgan fingerprint density at radius 3 is 2.67 bits per heavy atom. The molecule has 0 bridgehead atoms. The van der Waals surface area contributed by atoms with E-state index < -0.39 is 0 Å². The van der Waals surface area contributed by atoms with Crippen molar-refractivity contribution in [3.05, 3.63) is 30.3 Å². The molecule has 1 aliphatic heterocycles. The number of nitrogens with zero attached hydrogens (tertiary/aromatic N) is 1. The molecular formula is C15H23NO2. The first-order valence-corrected chi connectivity index (χ1v) is 6.78. The van der Waals surface area contributed by atoms with Crippen LogP contribution >= 0.6 is 0 Å². The summed E-state index contributed by atoms with van der Waals surface area (Å²) in [6, 6.07) is 10.4. The summed E-state index contributed by atoms with van der Waals surface area (Å²) in [6.45, 7) is 5.68. The maximum absolute atomic E-state index is 9.73. The van der Waals surface area contributed by atoms with Crippen LogP contribution in [0.5, 0.6) is 0 Å². The zero-order valence-corrected chi connectivity index (χ0v) is 11.1. The Morgan fingerprint density at radius 2 is 2.11 bits per heavy atom. The monoisotopic (exact) mass is 249 g/mol. The largest absolute Gasteiger partial charge is 0.396 e. The van der Waals surface area contributed by atoms with Crippen LogP contribution in [0.4, 0.5) is 5.69 Å². The number of ether oxygens (including phenoxy) is 1. The fourth-order valence-corrected chi connectivity index (χ4v) is 2.64. The lowest BCUT2D eigenvalue weighted by molar-refractivity contribution is -0.0335. The van der Waals surface area contributed by atoms with Crippen LogP contribution in [0.2, 0.25) is 0 Å².